The molecule has 0 saturated carbocycles. The third-order valence-electron chi connectivity index (χ3n) is 3.76. The maximum absolute atomic E-state index is 5.69. The molecule has 1 aliphatic rings. The second-order valence-corrected chi connectivity index (χ2v) is 5.21. The number of piperidine rings is 1. The summed E-state index contributed by atoms with van der Waals surface area (Å²) in [6.07, 6.45) is 4.89. The van der Waals surface area contributed by atoms with Crippen LogP contribution in [0.1, 0.15) is 37.3 Å². The summed E-state index contributed by atoms with van der Waals surface area (Å²) in [6.45, 7) is 5.92. The summed E-state index contributed by atoms with van der Waals surface area (Å²) in [4.78, 5) is 0. The summed E-state index contributed by atoms with van der Waals surface area (Å²) in [6, 6.07) is 4.80. The van der Waals surface area contributed by atoms with Gasteiger partial charge in [-0.2, -0.15) is 0 Å². The van der Waals surface area contributed by atoms with Crippen molar-refractivity contribution in [1.29, 1.82) is 0 Å². The molecule has 0 amide bonds. The van der Waals surface area contributed by atoms with E-state index in [1.54, 1.807) is 7.11 Å². The first-order valence-corrected chi connectivity index (χ1v) is 7.28. The topological polar surface area (TPSA) is 30.5 Å². The van der Waals surface area contributed by atoms with E-state index >= 15 is 0 Å². The molecule has 1 heterocycles. The predicted octanol–water partition coefficient (Wildman–Crippen LogP) is 3.09. The van der Waals surface area contributed by atoms with Crippen LogP contribution in [0.4, 0.5) is 0 Å². The van der Waals surface area contributed by atoms with E-state index in [2.05, 4.69) is 24.4 Å². The van der Waals surface area contributed by atoms with Gasteiger partial charge in [0, 0.05) is 6.04 Å². The van der Waals surface area contributed by atoms with E-state index in [4.69, 9.17) is 9.47 Å². The Morgan fingerprint density at radius 1 is 1.26 bits per heavy atom. The highest BCUT2D eigenvalue weighted by atomic mass is 16.5. The third kappa shape index (κ3) is 3.63. The van der Waals surface area contributed by atoms with Crippen LogP contribution in [-0.2, 0) is 6.42 Å². The molecule has 0 aromatic heterocycles. The lowest BCUT2D eigenvalue weighted by Crippen LogP contribution is -2.35. The molecule has 1 fully saturated rings. The molecule has 1 aromatic carbocycles. The Kier molecular flexibility index (Phi) is 5.08. The van der Waals surface area contributed by atoms with Gasteiger partial charge in [-0.15, -0.1) is 0 Å². The first-order chi connectivity index (χ1) is 9.24. The second-order valence-electron chi connectivity index (χ2n) is 5.21. The quantitative estimate of drug-likeness (QED) is 0.885. The second kappa shape index (κ2) is 6.80. The van der Waals surface area contributed by atoms with E-state index in [0.29, 0.717) is 12.6 Å². The number of hydrogen-bond acceptors (Lipinski definition) is 3. The minimum absolute atomic E-state index is 0.569. The van der Waals surface area contributed by atoms with E-state index in [1.807, 2.05) is 6.92 Å². The van der Waals surface area contributed by atoms with Crippen molar-refractivity contribution in [3.8, 4) is 11.5 Å². The summed E-state index contributed by atoms with van der Waals surface area (Å²) < 4.78 is 11.2. The minimum Gasteiger partial charge on any atom is -0.496 e. The Balaban J connectivity index is 2.18. The van der Waals surface area contributed by atoms with Crippen LogP contribution in [0, 0.1) is 6.92 Å². The Morgan fingerprint density at radius 2 is 2.11 bits per heavy atom. The van der Waals surface area contributed by atoms with Gasteiger partial charge in [0.1, 0.15) is 11.5 Å². The number of aryl methyl sites for hydroxylation is 1. The molecule has 0 radical (unpaired) electrons. The fraction of sp³-hybridized carbons (Fsp3) is 0.625. The van der Waals surface area contributed by atoms with Crippen LogP contribution in [-0.4, -0.2) is 26.3 Å². The van der Waals surface area contributed by atoms with Gasteiger partial charge in [0.2, 0.25) is 0 Å². The van der Waals surface area contributed by atoms with Crippen molar-refractivity contribution >= 4 is 0 Å². The van der Waals surface area contributed by atoms with Crippen LogP contribution in [0.2, 0.25) is 0 Å². The highest BCUT2D eigenvalue weighted by molar-refractivity contribution is 5.46. The maximum Gasteiger partial charge on any atom is 0.122 e. The molecule has 1 unspecified atom stereocenters. The number of benzene rings is 1. The van der Waals surface area contributed by atoms with Gasteiger partial charge in [0.15, 0.2) is 0 Å². The summed E-state index contributed by atoms with van der Waals surface area (Å²) in [5, 5.41) is 3.59. The molecule has 0 spiro atoms. The fourth-order valence-electron chi connectivity index (χ4n) is 2.73. The highest BCUT2D eigenvalue weighted by Gasteiger charge is 2.17. The van der Waals surface area contributed by atoms with Gasteiger partial charge in [-0.05, 0) is 62.9 Å². The normalized spacial score (nSPS) is 19.2. The maximum atomic E-state index is 5.69. The molecular formula is C16H25NO2. The van der Waals surface area contributed by atoms with Crippen molar-refractivity contribution in [3.63, 3.8) is 0 Å². The molecule has 3 nitrogen and oxygen atoms in total. The number of hydrogen-bond donors (Lipinski definition) is 1. The van der Waals surface area contributed by atoms with Crippen LogP contribution in [0.15, 0.2) is 12.1 Å². The van der Waals surface area contributed by atoms with Gasteiger partial charge in [-0.1, -0.05) is 6.42 Å². The zero-order valence-electron chi connectivity index (χ0n) is 12.3. The van der Waals surface area contributed by atoms with Crippen LogP contribution in [0.3, 0.4) is 0 Å². The molecule has 3 heteroatoms. The summed E-state index contributed by atoms with van der Waals surface area (Å²) in [7, 11) is 1.74. The monoisotopic (exact) mass is 263 g/mol. The van der Waals surface area contributed by atoms with Crippen LogP contribution < -0.4 is 14.8 Å². The summed E-state index contributed by atoms with van der Waals surface area (Å²) >= 11 is 0. The van der Waals surface area contributed by atoms with E-state index < -0.39 is 0 Å². The number of ether oxygens (including phenoxy) is 2. The average molecular weight is 263 g/mol. The van der Waals surface area contributed by atoms with Crippen molar-refractivity contribution in [3.05, 3.63) is 23.3 Å². The molecule has 0 aliphatic carbocycles. The number of rotatable bonds is 5. The van der Waals surface area contributed by atoms with Crippen molar-refractivity contribution in [2.24, 2.45) is 0 Å². The lowest BCUT2D eigenvalue weighted by molar-refractivity contribution is 0.334. The van der Waals surface area contributed by atoms with E-state index in [-0.39, 0.29) is 0 Å². The number of nitrogens with one attached hydrogen (secondary N) is 1. The van der Waals surface area contributed by atoms with E-state index in [1.165, 1.54) is 24.8 Å². The summed E-state index contributed by atoms with van der Waals surface area (Å²) in [5.74, 6) is 1.96. The zero-order chi connectivity index (χ0) is 13.7. The summed E-state index contributed by atoms with van der Waals surface area (Å²) in [5.41, 5.74) is 2.38. The Hall–Kier alpha value is -1.22. The van der Waals surface area contributed by atoms with Crippen LogP contribution in [0.5, 0.6) is 11.5 Å². The minimum atomic E-state index is 0.569. The predicted molar refractivity (Wildman–Crippen MR) is 78.2 cm³/mol. The molecule has 0 bridgehead atoms. The molecule has 1 aliphatic heterocycles. The Morgan fingerprint density at radius 3 is 2.74 bits per heavy atom. The first-order valence-electron chi connectivity index (χ1n) is 7.28. The Bertz CT molecular complexity index is 411. The molecule has 19 heavy (non-hydrogen) atoms. The lowest BCUT2D eigenvalue weighted by atomic mass is 9.96. The molecular weight excluding hydrogens is 238 g/mol. The SMILES string of the molecule is CCOc1cc(CC2CCCCN2)c(OC)cc1C. The largest absolute Gasteiger partial charge is 0.496 e. The van der Waals surface area contributed by atoms with Gasteiger partial charge in [0.25, 0.3) is 0 Å². The van der Waals surface area contributed by atoms with Gasteiger partial charge < -0.3 is 14.8 Å². The van der Waals surface area contributed by atoms with E-state index in [0.717, 1.165) is 30.0 Å². The smallest absolute Gasteiger partial charge is 0.122 e. The van der Waals surface area contributed by atoms with Gasteiger partial charge in [-0.25, -0.2) is 0 Å². The van der Waals surface area contributed by atoms with Gasteiger partial charge in [0.05, 0.1) is 13.7 Å². The average Bonchev–Trinajstić information content (AvgIpc) is 2.43. The van der Waals surface area contributed by atoms with E-state index in [9.17, 15) is 0 Å². The molecule has 2 rings (SSSR count). The number of methoxy groups -OCH3 is 1. The standard InChI is InChI=1S/C16H25NO2/c1-4-19-15-11-13(16(18-3)9-12(15)2)10-14-7-5-6-8-17-14/h9,11,14,17H,4-8,10H2,1-3H3. The fourth-order valence-corrected chi connectivity index (χ4v) is 2.73. The van der Waals surface area contributed by atoms with Crippen LogP contribution >= 0.6 is 0 Å². The third-order valence-corrected chi connectivity index (χ3v) is 3.76. The van der Waals surface area contributed by atoms with Crippen molar-refractivity contribution < 1.29 is 9.47 Å². The molecule has 1 atom stereocenters. The van der Waals surface area contributed by atoms with Gasteiger partial charge >= 0.3 is 0 Å². The first kappa shape index (κ1) is 14.2. The molecule has 106 valence electrons. The molecule has 1 saturated heterocycles. The van der Waals surface area contributed by atoms with Crippen LogP contribution in [0.25, 0.3) is 0 Å². The lowest BCUT2D eigenvalue weighted by Gasteiger charge is -2.24. The highest BCUT2D eigenvalue weighted by Crippen LogP contribution is 2.30. The zero-order valence-corrected chi connectivity index (χ0v) is 12.3. The van der Waals surface area contributed by atoms with Gasteiger partial charge in [-0.3, -0.25) is 0 Å². The van der Waals surface area contributed by atoms with Crippen molar-refractivity contribution in [1.82, 2.24) is 5.32 Å². The molecule has 1 aromatic rings. The molecule has 1 N–H and O–H groups in total. The Labute approximate surface area is 116 Å². The van der Waals surface area contributed by atoms with Crippen molar-refractivity contribution in [2.75, 3.05) is 20.3 Å². The van der Waals surface area contributed by atoms with Crippen molar-refractivity contribution in [2.45, 2.75) is 45.6 Å².